The van der Waals surface area contributed by atoms with E-state index in [1.54, 1.807) is 4.31 Å². The third-order valence-corrected chi connectivity index (χ3v) is 8.14. The predicted molar refractivity (Wildman–Crippen MR) is 95.3 cm³/mol. The minimum Gasteiger partial charge on any atom is -0.212 e. The van der Waals surface area contributed by atoms with E-state index in [1.807, 2.05) is 12.1 Å². The molecule has 2 aromatic rings. The van der Waals surface area contributed by atoms with Gasteiger partial charge in [-0.15, -0.1) is 0 Å². The topological polar surface area (TPSA) is 37.1 Å². The van der Waals surface area contributed by atoms with E-state index in [2.05, 4.69) is 50.0 Å². The Labute approximate surface area is 134 Å². The summed E-state index contributed by atoms with van der Waals surface area (Å²) in [7, 11) is -4.43. The highest BCUT2D eigenvalue weighted by Gasteiger charge is 2.44. The second-order valence-electron chi connectivity index (χ2n) is 7.32. The third kappa shape index (κ3) is 3.42. The highest BCUT2D eigenvalue weighted by Crippen LogP contribution is 2.39. The van der Waals surface area contributed by atoms with Gasteiger partial charge < -0.3 is 0 Å². The Morgan fingerprint density at radius 3 is 2.45 bits per heavy atom. The van der Waals surface area contributed by atoms with Gasteiger partial charge in [0, 0.05) is 14.6 Å². The molecule has 1 fully saturated rings. The van der Waals surface area contributed by atoms with Crippen LogP contribution in [-0.2, 0) is 10.0 Å². The van der Waals surface area contributed by atoms with Gasteiger partial charge in [0.1, 0.15) is 0 Å². The second kappa shape index (κ2) is 5.48. The van der Waals surface area contributed by atoms with Crippen LogP contribution in [0.5, 0.6) is 0 Å². The zero-order valence-electron chi connectivity index (χ0n) is 13.4. The molecule has 22 heavy (non-hydrogen) atoms. The molecule has 1 aliphatic rings. The van der Waals surface area contributed by atoms with Gasteiger partial charge in [0.2, 0.25) is 10.0 Å². The monoisotopic (exact) mass is 333 g/mol. The van der Waals surface area contributed by atoms with Gasteiger partial charge in [-0.25, -0.2) is 8.42 Å². The average molecular weight is 334 g/mol. The van der Waals surface area contributed by atoms with Gasteiger partial charge in [-0.1, -0.05) is 56.0 Å². The van der Waals surface area contributed by atoms with Gasteiger partial charge in [-0.3, -0.25) is 0 Å². The summed E-state index contributed by atoms with van der Waals surface area (Å²) in [5.41, 5.74) is 1.11. The quantitative estimate of drug-likeness (QED) is 0.615. The van der Waals surface area contributed by atoms with Crippen LogP contribution in [0.4, 0.5) is 0 Å². The Hall–Kier alpha value is -1.17. The first kappa shape index (κ1) is 15.7. The van der Waals surface area contributed by atoms with Crippen LogP contribution in [0.15, 0.2) is 42.5 Å². The molecule has 1 aliphatic heterocycles. The first-order valence-corrected chi connectivity index (χ1v) is 13.1. The normalized spacial score (nSPS) is 22.0. The van der Waals surface area contributed by atoms with Crippen molar-refractivity contribution in [2.24, 2.45) is 0 Å². The number of hydrogen-bond donors (Lipinski definition) is 0. The van der Waals surface area contributed by atoms with Gasteiger partial charge >= 0.3 is 0 Å². The zero-order valence-corrected chi connectivity index (χ0v) is 15.2. The van der Waals surface area contributed by atoms with E-state index >= 15 is 0 Å². The van der Waals surface area contributed by atoms with Crippen LogP contribution < -0.4 is 0 Å². The van der Waals surface area contributed by atoms with Gasteiger partial charge in [0.25, 0.3) is 0 Å². The molecule has 0 bridgehead atoms. The maximum Gasteiger partial charge on any atom is 0.214 e. The molecule has 3 rings (SSSR count). The lowest BCUT2D eigenvalue weighted by atomic mass is 10.1. The number of rotatable bonds is 5. The molecule has 1 heterocycles. The number of sulfonamides is 1. The van der Waals surface area contributed by atoms with Crippen LogP contribution in [0.1, 0.15) is 11.6 Å². The van der Waals surface area contributed by atoms with Crippen LogP contribution in [0.3, 0.4) is 0 Å². The Morgan fingerprint density at radius 2 is 1.77 bits per heavy atom. The van der Waals surface area contributed by atoms with Crippen LogP contribution in [0, 0.1) is 0 Å². The molecular formula is C17H23NO2SSi. The molecule has 0 N–H and O–H groups in total. The van der Waals surface area contributed by atoms with Crippen molar-refractivity contribution in [1.29, 1.82) is 0 Å². The van der Waals surface area contributed by atoms with E-state index in [1.165, 1.54) is 10.8 Å². The van der Waals surface area contributed by atoms with E-state index in [0.717, 1.165) is 11.6 Å². The lowest BCUT2D eigenvalue weighted by Gasteiger charge is -2.16. The maximum absolute atomic E-state index is 12.4. The summed E-state index contributed by atoms with van der Waals surface area (Å²) < 4.78 is 26.5. The fraction of sp³-hybridized carbons (Fsp3) is 0.412. The van der Waals surface area contributed by atoms with Crippen molar-refractivity contribution in [3.05, 3.63) is 48.0 Å². The molecule has 0 aromatic heterocycles. The van der Waals surface area contributed by atoms with Gasteiger partial charge in [-0.05, 0) is 28.4 Å². The summed E-state index contributed by atoms with van der Waals surface area (Å²) in [6.07, 6.45) is 0. The SMILES string of the molecule is C[Si](C)(C)CCS(=O)(=O)N1C[C@@H]1c1ccc2ccccc2c1. The van der Waals surface area contributed by atoms with Crippen LogP contribution in [0.2, 0.25) is 25.7 Å². The molecule has 0 aliphatic carbocycles. The summed E-state index contributed by atoms with van der Waals surface area (Å²) in [6.45, 7) is 7.27. The van der Waals surface area contributed by atoms with Gasteiger partial charge in [-0.2, -0.15) is 4.31 Å². The lowest BCUT2D eigenvalue weighted by molar-refractivity contribution is 0.555. The first-order chi connectivity index (χ1) is 10.3. The zero-order chi connectivity index (χ0) is 16.0. The molecule has 1 saturated heterocycles. The Kier molecular flexibility index (Phi) is 3.91. The molecule has 2 aromatic carbocycles. The molecule has 1 unspecified atom stereocenters. The van der Waals surface area contributed by atoms with E-state index in [4.69, 9.17) is 0 Å². The molecule has 3 nitrogen and oxygen atoms in total. The predicted octanol–water partition coefficient (Wildman–Crippen LogP) is 3.86. The number of fused-ring (bicyclic) bond motifs is 1. The van der Waals surface area contributed by atoms with Gasteiger partial charge in [0.05, 0.1) is 11.8 Å². The van der Waals surface area contributed by atoms with Gasteiger partial charge in [0.15, 0.2) is 0 Å². The molecule has 0 radical (unpaired) electrons. The largest absolute Gasteiger partial charge is 0.214 e. The number of hydrogen-bond acceptors (Lipinski definition) is 2. The molecule has 5 heteroatoms. The van der Waals surface area contributed by atoms with Crippen molar-refractivity contribution in [3.63, 3.8) is 0 Å². The summed E-state index contributed by atoms with van der Waals surface area (Å²) >= 11 is 0. The minimum absolute atomic E-state index is 0.0382. The Bertz CT molecular complexity index is 796. The van der Waals surface area contributed by atoms with Crippen molar-refractivity contribution >= 4 is 28.9 Å². The fourth-order valence-electron chi connectivity index (χ4n) is 2.67. The Balaban J connectivity index is 1.75. The Morgan fingerprint density at radius 1 is 1.09 bits per heavy atom. The fourth-order valence-corrected chi connectivity index (χ4v) is 7.26. The smallest absolute Gasteiger partial charge is 0.212 e. The van der Waals surface area contributed by atoms with E-state index < -0.39 is 18.1 Å². The molecule has 118 valence electrons. The lowest BCUT2D eigenvalue weighted by Crippen LogP contribution is -2.26. The summed E-state index contributed by atoms with van der Waals surface area (Å²) in [5.74, 6) is 0.298. The van der Waals surface area contributed by atoms with Crippen LogP contribution in [-0.4, -0.2) is 33.1 Å². The molecule has 2 atom stereocenters. The molecule has 0 amide bonds. The second-order valence-corrected chi connectivity index (χ2v) is 15.0. The summed E-state index contributed by atoms with van der Waals surface area (Å²) in [6, 6.07) is 15.3. The number of nitrogens with zero attached hydrogens (tertiary/aromatic N) is 1. The molecule has 0 spiro atoms. The maximum atomic E-state index is 12.4. The van der Waals surface area contributed by atoms with Crippen molar-refractivity contribution in [3.8, 4) is 0 Å². The van der Waals surface area contributed by atoms with Crippen molar-refractivity contribution in [2.45, 2.75) is 31.7 Å². The highest BCUT2D eigenvalue weighted by molar-refractivity contribution is 7.89. The van der Waals surface area contributed by atoms with Crippen molar-refractivity contribution < 1.29 is 8.42 Å². The van der Waals surface area contributed by atoms with E-state index in [0.29, 0.717) is 12.3 Å². The van der Waals surface area contributed by atoms with Crippen molar-refractivity contribution in [2.75, 3.05) is 12.3 Å². The summed E-state index contributed by atoms with van der Waals surface area (Å²) in [4.78, 5) is 0. The molecule has 0 saturated carbocycles. The van der Waals surface area contributed by atoms with Crippen LogP contribution in [0.25, 0.3) is 10.8 Å². The van der Waals surface area contributed by atoms with Crippen LogP contribution >= 0.6 is 0 Å². The summed E-state index contributed by atoms with van der Waals surface area (Å²) in [5, 5.41) is 2.37. The molecular weight excluding hydrogens is 310 g/mol. The first-order valence-electron chi connectivity index (χ1n) is 7.74. The average Bonchev–Trinajstić information content (AvgIpc) is 3.25. The minimum atomic E-state index is -3.10. The van der Waals surface area contributed by atoms with E-state index in [9.17, 15) is 8.42 Å². The van der Waals surface area contributed by atoms with E-state index in [-0.39, 0.29) is 6.04 Å². The number of benzene rings is 2. The van der Waals surface area contributed by atoms with Crippen molar-refractivity contribution in [1.82, 2.24) is 4.31 Å². The third-order valence-electron chi connectivity index (χ3n) is 4.19. The highest BCUT2D eigenvalue weighted by atomic mass is 32.2. The standard InChI is InChI=1S/C17H23NO2SSi/c1-22(2,3)11-10-21(19,20)18-13-17(18)16-9-8-14-6-4-5-7-15(14)12-16/h4-9,12,17H,10-11,13H2,1-3H3/t17-,18?/m1/s1.